The van der Waals surface area contributed by atoms with Crippen LogP contribution in [0.4, 0.5) is 5.69 Å². The summed E-state index contributed by atoms with van der Waals surface area (Å²) in [6.45, 7) is 6.50. The highest BCUT2D eigenvalue weighted by Crippen LogP contribution is 2.44. The Balaban J connectivity index is 1.34. The number of allylic oxidation sites excluding steroid dienone is 3. The molecule has 0 spiro atoms. The summed E-state index contributed by atoms with van der Waals surface area (Å²) < 4.78 is 41.9. The van der Waals surface area contributed by atoms with Gasteiger partial charge in [0.05, 0.1) is 47.0 Å². The van der Waals surface area contributed by atoms with Gasteiger partial charge in [0.2, 0.25) is 0 Å². The van der Waals surface area contributed by atoms with E-state index in [1.54, 1.807) is 51.1 Å². The third kappa shape index (κ3) is 7.94. The zero-order valence-electron chi connectivity index (χ0n) is 33.1. The molecule has 4 bridgehead atoms. The van der Waals surface area contributed by atoms with E-state index in [1.165, 1.54) is 37.5 Å². The van der Waals surface area contributed by atoms with Gasteiger partial charge in [-0.25, -0.2) is 4.79 Å². The van der Waals surface area contributed by atoms with Gasteiger partial charge in [-0.05, 0) is 69.8 Å². The molecule has 314 valence electrons. The Labute approximate surface area is 350 Å². The van der Waals surface area contributed by atoms with Crippen molar-refractivity contribution < 1.29 is 62.9 Å². The quantitative estimate of drug-likeness (QED) is 0.161. The number of fused-ring (bicyclic) bond motifs is 9. The van der Waals surface area contributed by atoms with Crippen molar-refractivity contribution in [2.45, 2.75) is 74.3 Å². The van der Waals surface area contributed by atoms with Crippen molar-refractivity contribution in [3.05, 3.63) is 88.2 Å². The first-order chi connectivity index (χ1) is 28.4. The number of rotatable bonds is 6. The summed E-state index contributed by atoms with van der Waals surface area (Å²) in [4.78, 5) is 41.6. The second kappa shape index (κ2) is 16.3. The van der Waals surface area contributed by atoms with E-state index in [0.29, 0.717) is 0 Å². The number of anilines is 1. The smallest absolute Gasteiger partial charge is 0.341 e. The molecule has 0 radical (unpaired) electrons. The molecule has 2 aliphatic carbocycles. The third-order valence-electron chi connectivity index (χ3n) is 10.5. The van der Waals surface area contributed by atoms with Crippen molar-refractivity contribution >= 4 is 35.1 Å². The Bertz CT molecular complexity index is 2360. The minimum absolute atomic E-state index is 0.0160. The van der Waals surface area contributed by atoms with E-state index in [2.05, 4.69) is 35.6 Å². The van der Waals surface area contributed by atoms with E-state index >= 15 is 0 Å². The van der Waals surface area contributed by atoms with Crippen molar-refractivity contribution in [3.8, 4) is 46.7 Å². The lowest BCUT2D eigenvalue weighted by atomic mass is 9.85. The van der Waals surface area contributed by atoms with Crippen LogP contribution in [0.2, 0.25) is 5.02 Å². The van der Waals surface area contributed by atoms with E-state index in [1.807, 2.05) is 0 Å². The molecule has 2 aromatic carbocycles. The Kier molecular flexibility index (Phi) is 11.5. The average Bonchev–Trinajstić information content (AvgIpc) is 3.60. The maximum absolute atomic E-state index is 14.1. The summed E-state index contributed by atoms with van der Waals surface area (Å²) >= 11 is 6.70. The number of carbonyl (C=O) groups excluding carboxylic acids is 3. The highest BCUT2D eigenvalue weighted by Gasteiger charge is 2.55. The predicted molar refractivity (Wildman–Crippen MR) is 214 cm³/mol. The van der Waals surface area contributed by atoms with Gasteiger partial charge >= 0.3 is 11.9 Å². The van der Waals surface area contributed by atoms with Crippen LogP contribution < -0.4 is 25.3 Å². The van der Waals surface area contributed by atoms with Crippen molar-refractivity contribution in [2.24, 2.45) is 5.73 Å². The van der Waals surface area contributed by atoms with Crippen LogP contribution in [-0.4, -0.2) is 114 Å². The van der Waals surface area contributed by atoms with E-state index in [9.17, 15) is 29.7 Å². The summed E-state index contributed by atoms with van der Waals surface area (Å²) in [6, 6.07) is 3.83. The monoisotopic (exact) mass is 843 g/mol. The number of nitrogens with zero attached hydrogens (tertiary/aromatic N) is 1. The Morgan fingerprint density at radius 2 is 1.90 bits per heavy atom. The number of likely N-dealkylation sites (N-methyl/N-ethyl adjacent to an activating group) is 1. The highest BCUT2D eigenvalue weighted by molar-refractivity contribution is 6.32. The number of nitrogens with one attached hydrogen (secondary N) is 1. The molecule has 1 amide bonds. The molecule has 8 rings (SSSR count). The summed E-state index contributed by atoms with van der Waals surface area (Å²) in [5.41, 5.74) is 3.86. The van der Waals surface area contributed by atoms with E-state index in [-0.39, 0.29) is 62.4 Å². The lowest BCUT2D eigenvalue weighted by molar-refractivity contribution is -0.329. The van der Waals surface area contributed by atoms with Crippen LogP contribution in [0.15, 0.2) is 72.1 Å². The number of halogens is 1. The normalized spacial score (nSPS) is 29.9. The number of phenolic OH excluding ortho intramolecular Hbond substituents is 1. The van der Waals surface area contributed by atoms with Crippen LogP contribution >= 0.6 is 11.6 Å². The fraction of sp³-hybridized carbons (Fsp3) is 0.372. The number of aromatic hydroxyl groups is 1. The van der Waals surface area contributed by atoms with Gasteiger partial charge in [0, 0.05) is 23.8 Å². The molecule has 1 fully saturated rings. The summed E-state index contributed by atoms with van der Waals surface area (Å²) in [7, 11) is 4.87. The molecule has 60 heavy (non-hydrogen) atoms. The second-order valence-corrected chi connectivity index (χ2v) is 15.6. The average molecular weight is 844 g/mol. The number of amides is 1. The van der Waals surface area contributed by atoms with Gasteiger partial charge < -0.3 is 64.4 Å². The number of hydrogen-bond donors (Lipinski definition) is 5. The lowest BCUT2D eigenvalue weighted by Crippen LogP contribution is -2.68. The zero-order chi connectivity index (χ0) is 43.3. The molecule has 17 heteroatoms. The van der Waals surface area contributed by atoms with Crippen LogP contribution in [0, 0.1) is 23.7 Å². The third-order valence-corrected chi connectivity index (χ3v) is 10.8. The topological polar surface area (TPSA) is 218 Å². The maximum Gasteiger partial charge on any atom is 0.341 e. The predicted octanol–water partition coefficient (Wildman–Crippen LogP) is 2.80. The van der Waals surface area contributed by atoms with Gasteiger partial charge in [-0.2, -0.15) is 0 Å². The van der Waals surface area contributed by atoms with Gasteiger partial charge in [-0.1, -0.05) is 42.0 Å². The molecule has 6 N–H and O–H groups in total. The maximum atomic E-state index is 14.1. The summed E-state index contributed by atoms with van der Waals surface area (Å²) in [5, 5.41) is 36.6. The van der Waals surface area contributed by atoms with Gasteiger partial charge in [-0.3, -0.25) is 9.59 Å². The number of benzene rings is 2. The van der Waals surface area contributed by atoms with Gasteiger partial charge in [0.1, 0.15) is 24.6 Å². The summed E-state index contributed by atoms with van der Waals surface area (Å²) in [6.07, 6.45) is -1.46. The van der Waals surface area contributed by atoms with Crippen LogP contribution in [0.5, 0.6) is 23.0 Å². The molecule has 4 heterocycles. The van der Waals surface area contributed by atoms with Crippen molar-refractivity contribution in [1.82, 2.24) is 4.90 Å². The number of ether oxygens (including phenoxy) is 7. The van der Waals surface area contributed by atoms with E-state index < -0.39 is 84.2 Å². The fourth-order valence-corrected chi connectivity index (χ4v) is 7.88. The Morgan fingerprint density at radius 1 is 1.13 bits per heavy atom. The van der Waals surface area contributed by atoms with Gasteiger partial charge in [-0.15, -0.1) is 0 Å². The number of aliphatic hydroxyl groups excluding tert-OH is 2. The minimum atomic E-state index is -1.80. The molecule has 4 aliphatic heterocycles. The molecule has 0 saturated carbocycles. The van der Waals surface area contributed by atoms with Crippen LogP contribution in [0.3, 0.4) is 0 Å². The van der Waals surface area contributed by atoms with Gasteiger partial charge in [0.15, 0.2) is 47.1 Å². The van der Waals surface area contributed by atoms with Crippen LogP contribution in [0.1, 0.15) is 42.2 Å². The fourth-order valence-electron chi connectivity index (χ4n) is 7.61. The first-order valence-corrected chi connectivity index (χ1v) is 19.0. The number of phenols is 1. The zero-order valence-corrected chi connectivity index (χ0v) is 33.9. The van der Waals surface area contributed by atoms with E-state index in [4.69, 9.17) is 50.5 Å². The number of methoxy groups -OCH3 is 1. The molecule has 4 unspecified atom stereocenters. The first-order valence-electron chi connectivity index (χ1n) is 18.6. The molecule has 0 aromatic heterocycles. The molecular weight excluding hydrogens is 802 g/mol. The largest absolute Gasteiger partial charge is 0.504 e. The molecule has 16 nitrogen and oxygen atoms in total. The Hall–Kier alpha value is -5.82. The number of aliphatic hydroxyl groups is 2. The lowest BCUT2D eigenvalue weighted by Gasteiger charge is -2.51. The van der Waals surface area contributed by atoms with E-state index in [0.717, 1.165) is 0 Å². The molecular formula is C43H42ClN3O13. The highest BCUT2D eigenvalue weighted by atomic mass is 35.5. The molecule has 6 aliphatic rings. The first kappa shape index (κ1) is 42.3. The minimum Gasteiger partial charge on any atom is -0.504 e. The van der Waals surface area contributed by atoms with Crippen molar-refractivity contribution in [1.29, 1.82) is 0 Å². The van der Waals surface area contributed by atoms with Crippen molar-refractivity contribution in [3.63, 3.8) is 0 Å². The number of nitrogens with two attached hydrogens (primary N) is 1. The molecule has 1 saturated heterocycles. The number of carbonyl (C=O) groups is 3. The van der Waals surface area contributed by atoms with Crippen LogP contribution in [-0.2, 0) is 28.5 Å². The second-order valence-electron chi connectivity index (χ2n) is 15.2. The van der Waals surface area contributed by atoms with Gasteiger partial charge in [0.25, 0.3) is 5.91 Å². The number of hydrogen-bond acceptors (Lipinski definition) is 15. The van der Waals surface area contributed by atoms with Crippen molar-refractivity contribution in [2.75, 3.05) is 33.1 Å². The van der Waals surface area contributed by atoms with Crippen LogP contribution in [0.25, 0.3) is 0 Å². The standard InChI is InChI=1S/C43H42ClN3O13/c1-21-39(52)46-34-26(17-25(54-6)18-30(34)56-21)40(53)57-31-20-55-33(49)19-28(45)23-15-27(44)37(29(48)16-23)58-32-11-7-9-22(31)12-13-24-10-8-14-43(24,32)60-41-36(51)35(50)38(47(4)5)42(2,3)59-41/h8-10,14-18,28,31-32,35-36,38,41,48,50-51H,1,19-20,45H2,2-6H3,(H,46,52)/b22-9+/t28?,31?,32?,35-,36+,38-,41-,43?/m0/s1. The Morgan fingerprint density at radius 3 is 2.62 bits per heavy atom. The molecule has 8 atom stereocenters. The number of esters is 2. The SMILES string of the molecule is C=C1Oc2cc(OC)cc(C(=O)OC3COC(=O)CC(N)c4cc(O)c(c(Cl)c4)OC4C#C/C=C/3C#CC3=CC=CC34O[C@@H]3OC(C)(C)[C@@H](N(C)C)[C@@H](O)[C@H]3O)c2NC1=O. The molecule has 2 aromatic rings. The summed E-state index contributed by atoms with van der Waals surface area (Å²) in [5.74, 6) is 8.83.